The number of ether oxygens (including phenoxy) is 2. The lowest BCUT2D eigenvalue weighted by Gasteiger charge is -2.16. The van der Waals surface area contributed by atoms with Crippen molar-refractivity contribution in [3.63, 3.8) is 0 Å². The second-order valence-corrected chi connectivity index (χ2v) is 5.99. The Bertz CT molecular complexity index is 795. The highest BCUT2D eigenvalue weighted by molar-refractivity contribution is 6.35. The average molecular weight is 377 g/mol. The van der Waals surface area contributed by atoms with Crippen molar-refractivity contribution in [2.75, 3.05) is 14.2 Å². The van der Waals surface area contributed by atoms with Gasteiger partial charge in [0, 0.05) is 11.6 Å². The number of hydrogen-bond acceptors (Lipinski definition) is 4. The molecular weight excluding hydrogens is 356 g/mol. The standard InChI is InChI=1S/C19H21ClN2O4/c1-12(13-8-9-16(25-2)17(10-13)26-3)22-19(24)18(23)21-11-14-6-4-5-7-15(14)20/h4-10,12H,11H2,1-3H3,(H,21,23)(H,22,24). The number of methoxy groups -OCH3 is 2. The van der Waals surface area contributed by atoms with Crippen LogP contribution in [0.15, 0.2) is 42.5 Å². The van der Waals surface area contributed by atoms with Gasteiger partial charge in [0.25, 0.3) is 0 Å². The van der Waals surface area contributed by atoms with Gasteiger partial charge < -0.3 is 20.1 Å². The van der Waals surface area contributed by atoms with Crippen LogP contribution in [-0.2, 0) is 16.1 Å². The molecule has 7 heteroatoms. The molecule has 2 amide bonds. The molecule has 138 valence electrons. The molecule has 2 aromatic rings. The van der Waals surface area contributed by atoms with Gasteiger partial charge in [-0.05, 0) is 36.2 Å². The van der Waals surface area contributed by atoms with Gasteiger partial charge in [0.1, 0.15) is 0 Å². The third-order valence-electron chi connectivity index (χ3n) is 3.86. The Balaban J connectivity index is 1.95. The summed E-state index contributed by atoms with van der Waals surface area (Å²) in [5.41, 5.74) is 1.53. The lowest BCUT2D eigenvalue weighted by Crippen LogP contribution is -2.40. The highest BCUT2D eigenvalue weighted by atomic mass is 35.5. The summed E-state index contributed by atoms with van der Waals surface area (Å²) in [7, 11) is 3.08. The van der Waals surface area contributed by atoms with Gasteiger partial charge in [0.15, 0.2) is 11.5 Å². The van der Waals surface area contributed by atoms with Crippen molar-refractivity contribution >= 4 is 23.4 Å². The lowest BCUT2D eigenvalue weighted by atomic mass is 10.1. The van der Waals surface area contributed by atoms with Crippen LogP contribution in [0.3, 0.4) is 0 Å². The van der Waals surface area contributed by atoms with E-state index in [1.165, 1.54) is 7.11 Å². The number of carbonyl (C=O) groups excluding carboxylic acids is 2. The van der Waals surface area contributed by atoms with Gasteiger partial charge in [0.05, 0.1) is 20.3 Å². The molecule has 6 nitrogen and oxygen atoms in total. The summed E-state index contributed by atoms with van der Waals surface area (Å²) < 4.78 is 10.4. The van der Waals surface area contributed by atoms with Crippen LogP contribution < -0.4 is 20.1 Å². The first-order valence-corrected chi connectivity index (χ1v) is 8.38. The maximum atomic E-state index is 12.1. The fourth-order valence-corrected chi connectivity index (χ4v) is 2.57. The topological polar surface area (TPSA) is 76.7 Å². The van der Waals surface area contributed by atoms with Gasteiger partial charge in [-0.1, -0.05) is 35.9 Å². The maximum Gasteiger partial charge on any atom is 0.309 e. The molecule has 0 fully saturated rings. The third kappa shape index (κ3) is 4.89. The molecule has 0 spiro atoms. The molecule has 0 saturated carbocycles. The minimum atomic E-state index is -0.725. The molecule has 0 radical (unpaired) electrons. The number of carbonyl (C=O) groups is 2. The van der Waals surface area contributed by atoms with E-state index in [-0.39, 0.29) is 12.6 Å². The molecule has 0 bridgehead atoms. The highest BCUT2D eigenvalue weighted by Crippen LogP contribution is 2.29. The summed E-state index contributed by atoms with van der Waals surface area (Å²) in [6.45, 7) is 1.96. The smallest absolute Gasteiger partial charge is 0.309 e. The zero-order chi connectivity index (χ0) is 19.1. The highest BCUT2D eigenvalue weighted by Gasteiger charge is 2.18. The summed E-state index contributed by atoms with van der Waals surface area (Å²) in [6, 6.07) is 12.0. The second kappa shape index (κ2) is 9.10. The predicted molar refractivity (Wildman–Crippen MR) is 99.4 cm³/mol. The first-order chi connectivity index (χ1) is 12.5. The van der Waals surface area contributed by atoms with E-state index >= 15 is 0 Å². The van der Waals surface area contributed by atoms with Crippen molar-refractivity contribution < 1.29 is 19.1 Å². The largest absolute Gasteiger partial charge is 0.493 e. The number of halogens is 1. The van der Waals surface area contributed by atoms with Gasteiger partial charge in [-0.2, -0.15) is 0 Å². The van der Waals surface area contributed by atoms with Gasteiger partial charge in [0.2, 0.25) is 0 Å². The maximum absolute atomic E-state index is 12.1. The Morgan fingerprint density at radius 2 is 1.73 bits per heavy atom. The normalized spacial score (nSPS) is 11.4. The monoisotopic (exact) mass is 376 g/mol. The molecule has 26 heavy (non-hydrogen) atoms. The lowest BCUT2D eigenvalue weighted by molar-refractivity contribution is -0.139. The summed E-state index contributed by atoms with van der Waals surface area (Å²) in [5, 5.41) is 5.75. The van der Waals surface area contributed by atoms with Crippen LogP contribution >= 0.6 is 11.6 Å². The Morgan fingerprint density at radius 3 is 2.38 bits per heavy atom. The first kappa shape index (κ1) is 19.6. The Labute approximate surface area is 157 Å². The zero-order valence-electron chi connectivity index (χ0n) is 14.8. The summed E-state index contributed by atoms with van der Waals surface area (Å²) in [4.78, 5) is 24.1. The molecule has 1 atom stereocenters. The van der Waals surface area contributed by atoms with E-state index in [0.29, 0.717) is 16.5 Å². The second-order valence-electron chi connectivity index (χ2n) is 5.58. The van der Waals surface area contributed by atoms with Crippen molar-refractivity contribution in [2.45, 2.75) is 19.5 Å². The quantitative estimate of drug-likeness (QED) is 0.760. The Morgan fingerprint density at radius 1 is 1.04 bits per heavy atom. The number of hydrogen-bond donors (Lipinski definition) is 2. The minimum Gasteiger partial charge on any atom is -0.493 e. The summed E-state index contributed by atoms with van der Waals surface area (Å²) in [6.07, 6.45) is 0. The molecule has 2 aromatic carbocycles. The molecule has 1 unspecified atom stereocenters. The van der Waals surface area contributed by atoms with Crippen molar-refractivity contribution in [1.82, 2.24) is 10.6 Å². The van der Waals surface area contributed by atoms with Crippen LogP contribution in [0, 0.1) is 0 Å². The molecular formula is C19H21ClN2O4. The van der Waals surface area contributed by atoms with Gasteiger partial charge in [-0.15, -0.1) is 0 Å². The third-order valence-corrected chi connectivity index (χ3v) is 4.23. The van der Waals surface area contributed by atoms with E-state index in [2.05, 4.69) is 10.6 Å². The van der Waals surface area contributed by atoms with Crippen LogP contribution in [0.5, 0.6) is 11.5 Å². The fraction of sp³-hybridized carbons (Fsp3) is 0.263. The van der Waals surface area contributed by atoms with Crippen molar-refractivity contribution in [2.24, 2.45) is 0 Å². The van der Waals surface area contributed by atoms with E-state index in [1.54, 1.807) is 50.4 Å². The van der Waals surface area contributed by atoms with Crippen LogP contribution in [-0.4, -0.2) is 26.0 Å². The fourth-order valence-electron chi connectivity index (χ4n) is 2.37. The van der Waals surface area contributed by atoms with E-state index in [9.17, 15) is 9.59 Å². The molecule has 0 aliphatic heterocycles. The minimum absolute atomic E-state index is 0.177. The summed E-state index contributed by atoms with van der Waals surface area (Å²) >= 11 is 6.03. The number of benzene rings is 2. The molecule has 2 rings (SSSR count). The van der Waals surface area contributed by atoms with Crippen molar-refractivity contribution in [1.29, 1.82) is 0 Å². The first-order valence-electron chi connectivity index (χ1n) is 8.00. The van der Waals surface area contributed by atoms with Crippen LogP contribution in [0.25, 0.3) is 0 Å². The molecule has 0 aliphatic rings. The van der Waals surface area contributed by atoms with E-state index in [1.807, 2.05) is 6.07 Å². The van der Waals surface area contributed by atoms with Crippen molar-refractivity contribution in [3.05, 3.63) is 58.6 Å². The Hall–Kier alpha value is -2.73. The SMILES string of the molecule is COc1ccc(C(C)NC(=O)C(=O)NCc2ccccc2Cl)cc1OC. The van der Waals surface area contributed by atoms with Gasteiger partial charge in [-0.25, -0.2) is 0 Å². The molecule has 0 aromatic heterocycles. The summed E-state index contributed by atoms with van der Waals surface area (Å²) in [5.74, 6) is -0.307. The van der Waals surface area contributed by atoms with Gasteiger partial charge in [-0.3, -0.25) is 9.59 Å². The van der Waals surface area contributed by atoms with Crippen molar-refractivity contribution in [3.8, 4) is 11.5 Å². The molecule has 0 aliphatic carbocycles. The number of amides is 2. The number of rotatable bonds is 6. The molecule has 0 saturated heterocycles. The zero-order valence-corrected chi connectivity index (χ0v) is 15.6. The van der Waals surface area contributed by atoms with Crippen LogP contribution in [0.2, 0.25) is 5.02 Å². The van der Waals surface area contributed by atoms with Crippen LogP contribution in [0.1, 0.15) is 24.1 Å². The predicted octanol–water partition coefficient (Wildman–Crippen LogP) is 2.85. The average Bonchev–Trinajstić information content (AvgIpc) is 2.66. The number of nitrogens with one attached hydrogen (secondary N) is 2. The van der Waals surface area contributed by atoms with E-state index in [4.69, 9.17) is 21.1 Å². The van der Waals surface area contributed by atoms with E-state index in [0.717, 1.165) is 11.1 Å². The Kier molecular flexibility index (Phi) is 6.86. The van der Waals surface area contributed by atoms with E-state index < -0.39 is 11.8 Å². The molecule has 0 heterocycles. The van der Waals surface area contributed by atoms with Crippen LogP contribution in [0.4, 0.5) is 0 Å². The molecule has 2 N–H and O–H groups in total. The van der Waals surface area contributed by atoms with Gasteiger partial charge >= 0.3 is 11.8 Å².